The predicted octanol–water partition coefficient (Wildman–Crippen LogP) is 3.87. The van der Waals surface area contributed by atoms with Crippen molar-refractivity contribution in [2.24, 2.45) is 0 Å². The van der Waals surface area contributed by atoms with Gasteiger partial charge in [0.15, 0.2) is 5.16 Å². The number of methoxy groups -OCH3 is 1. The standard InChI is InChI=1S/C19H18N4O3S2/c1-3-26-18(24)16-15(14(10-20)17(21)28-16)11-27-19-22-8-9-23(19)12-4-6-13(25-2)7-5-12/h4-9H,3,11,21H2,1-2H3. The number of ether oxygens (including phenoxy) is 2. The SMILES string of the molecule is CCOC(=O)c1sc(N)c(C#N)c1CSc1nccn1-c1ccc(OC)cc1. The van der Waals surface area contributed by atoms with Crippen LogP contribution in [0.2, 0.25) is 0 Å². The topological polar surface area (TPSA) is 103 Å². The summed E-state index contributed by atoms with van der Waals surface area (Å²) in [6.45, 7) is 1.99. The average Bonchev–Trinajstić information content (AvgIpc) is 3.30. The zero-order valence-corrected chi connectivity index (χ0v) is 17.0. The number of aromatic nitrogens is 2. The van der Waals surface area contributed by atoms with Gasteiger partial charge in [0.05, 0.1) is 19.3 Å². The Morgan fingerprint density at radius 3 is 2.79 bits per heavy atom. The third-order valence-electron chi connectivity index (χ3n) is 3.91. The van der Waals surface area contributed by atoms with Gasteiger partial charge in [0, 0.05) is 29.4 Å². The summed E-state index contributed by atoms with van der Waals surface area (Å²) >= 11 is 2.50. The van der Waals surface area contributed by atoms with E-state index in [1.54, 1.807) is 20.2 Å². The summed E-state index contributed by atoms with van der Waals surface area (Å²) in [6.07, 6.45) is 3.55. The number of carbonyl (C=O) groups is 1. The van der Waals surface area contributed by atoms with E-state index in [4.69, 9.17) is 15.2 Å². The van der Waals surface area contributed by atoms with E-state index in [2.05, 4.69) is 11.1 Å². The van der Waals surface area contributed by atoms with Crippen LogP contribution < -0.4 is 10.5 Å². The number of benzene rings is 1. The Kier molecular flexibility index (Phi) is 6.23. The number of rotatable bonds is 7. The monoisotopic (exact) mass is 414 g/mol. The predicted molar refractivity (Wildman–Crippen MR) is 109 cm³/mol. The van der Waals surface area contributed by atoms with Gasteiger partial charge in [-0.25, -0.2) is 9.78 Å². The molecule has 3 rings (SSSR count). The molecular formula is C19H18N4O3S2. The molecular weight excluding hydrogens is 396 g/mol. The van der Waals surface area contributed by atoms with Crippen LogP contribution in [0.4, 0.5) is 5.00 Å². The highest BCUT2D eigenvalue weighted by Gasteiger charge is 2.23. The van der Waals surface area contributed by atoms with Crippen LogP contribution in [0.1, 0.15) is 27.7 Å². The zero-order chi connectivity index (χ0) is 20.1. The fourth-order valence-corrected chi connectivity index (χ4v) is 4.60. The van der Waals surface area contributed by atoms with Crippen molar-refractivity contribution in [3.8, 4) is 17.5 Å². The molecule has 0 unspecified atom stereocenters. The van der Waals surface area contributed by atoms with Crippen molar-refractivity contribution < 1.29 is 14.3 Å². The van der Waals surface area contributed by atoms with Crippen molar-refractivity contribution in [1.29, 1.82) is 5.26 Å². The number of nitriles is 1. The van der Waals surface area contributed by atoms with E-state index in [0.29, 0.717) is 26.8 Å². The molecule has 0 spiro atoms. The Morgan fingerprint density at radius 1 is 1.39 bits per heavy atom. The van der Waals surface area contributed by atoms with Gasteiger partial charge in [0.25, 0.3) is 0 Å². The van der Waals surface area contributed by atoms with Gasteiger partial charge in [-0.1, -0.05) is 11.8 Å². The van der Waals surface area contributed by atoms with E-state index < -0.39 is 5.97 Å². The Labute approximate surface area is 170 Å². The van der Waals surface area contributed by atoms with Gasteiger partial charge in [-0.3, -0.25) is 4.57 Å². The molecule has 144 valence electrons. The van der Waals surface area contributed by atoms with Crippen molar-refractivity contribution in [3.05, 3.63) is 52.7 Å². The van der Waals surface area contributed by atoms with Gasteiger partial charge >= 0.3 is 5.97 Å². The number of nitrogens with zero attached hydrogens (tertiary/aromatic N) is 3. The minimum absolute atomic E-state index is 0.257. The number of nitrogens with two attached hydrogens (primary N) is 1. The number of hydrogen-bond acceptors (Lipinski definition) is 8. The number of esters is 1. The molecule has 7 nitrogen and oxygen atoms in total. The van der Waals surface area contributed by atoms with E-state index >= 15 is 0 Å². The van der Waals surface area contributed by atoms with Crippen LogP contribution in [0, 0.1) is 11.3 Å². The molecule has 0 aliphatic carbocycles. The molecule has 0 aliphatic heterocycles. The lowest BCUT2D eigenvalue weighted by molar-refractivity contribution is 0.0531. The van der Waals surface area contributed by atoms with Gasteiger partial charge in [-0.15, -0.1) is 11.3 Å². The number of hydrogen-bond donors (Lipinski definition) is 1. The van der Waals surface area contributed by atoms with E-state index in [1.165, 1.54) is 11.8 Å². The van der Waals surface area contributed by atoms with E-state index in [1.807, 2.05) is 35.0 Å². The number of thioether (sulfide) groups is 1. The summed E-state index contributed by atoms with van der Waals surface area (Å²) < 4.78 is 12.2. The van der Waals surface area contributed by atoms with Crippen LogP contribution in [0.3, 0.4) is 0 Å². The lowest BCUT2D eigenvalue weighted by Crippen LogP contribution is -2.05. The first-order valence-corrected chi connectivity index (χ1v) is 10.2. The molecule has 0 amide bonds. The second-order valence-electron chi connectivity index (χ2n) is 5.55. The molecule has 0 atom stereocenters. The molecule has 3 aromatic rings. The van der Waals surface area contributed by atoms with Crippen LogP contribution in [0.5, 0.6) is 5.75 Å². The smallest absolute Gasteiger partial charge is 0.348 e. The third kappa shape index (κ3) is 3.98. The summed E-state index contributed by atoms with van der Waals surface area (Å²) in [4.78, 5) is 17.0. The number of imidazole rings is 1. The lowest BCUT2D eigenvalue weighted by atomic mass is 10.2. The van der Waals surface area contributed by atoms with Gasteiger partial charge in [-0.2, -0.15) is 5.26 Å². The van der Waals surface area contributed by atoms with E-state index in [0.717, 1.165) is 27.9 Å². The summed E-state index contributed by atoms with van der Waals surface area (Å²) in [6, 6.07) is 9.69. The van der Waals surface area contributed by atoms with Crippen molar-refractivity contribution in [1.82, 2.24) is 9.55 Å². The second-order valence-corrected chi connectivity index (χ2v) is 7.54. The number of thiophene rings is 1. The molecule has 28 heavy (non-hydrogen) atoms. The van der Waals surface area contributed by atoms with Crippen LogP contribution in [-0.4, -0.2) is 29.2 Å². The highest BCUT2D eigenvalue weighted by molar-refractivity contribution is 7.98. The fourth-order valence-electron chi connectivity index (χ4n) is 2.58. The van der Waals surface area contributed by atoms with Crippen molar-refractivity contribution in [2.45, 2.75) is 17.8 Å². The normalized spacial score (nSPS) is 10.5. The summed E-state index contributed by atoms with van der Waals surface area (Å²) in [5.74, 6) is 0.678. The Bertz CT molecular complexity index is 1020. The molecule has 0 fully saturated rings. The lowest BCUT2D eigenvalue weighted by Gasteiger charge is -2.09. The Morgan fingerprint density at radius 2 is 2.14 bits per heavy atom. The number of anilines is 1. The molecule has 2 N–H and O–H groups in total. The third-order valence-corrected chi connectivity index (χ3v) is 5.94. The maximum Gasteiger partial charge on any atom is 0.348 e. The molecule has 2 heterocycles. The first kappa shape index (κ1) is 19.8. The first-order valence-electron chi connectivity index (χ1n) is 8.38. The zero-order valence-electron chi connectivity index (χ0n) is 15.3. The average molecular weight is 415 g/mol. The highest BCUT2D eigenvalue weighted by atomic mass is 32.2. The Balaban J connectivity index is 1.86. The van der Waals surface area contributed by atoms with Crippen LogP contribution >= 0.6 is 23.1 Å². The summed E-state index contributed by atoms with van der Waals surface area (Å²) in [5.41, 5.74) is 7.76. The highest BCUT2D eigenvalue weighted by Crippen LogP contribution is 2.35. The van der Waals surface area contributed by atoms with Crippen molar-refractivity contribution >= 4 is 34.1 Å². The largest absolute Gasteiger partial charge is 0.497 e. The molecule has 0 radical (unpaired) electrons. The van der Waals surface area contributed by atoms with Gasteiger partial charge in [0.2, 0.25) is 0 Å². The molecule has 0 bridgehead atoms. The number of nitrogen functional groups attached to an aromatic ring is 1. The molecule has 0 saturated heterocycles. The summed E-state index contributed by atoms with van der Waals surface area (Å²) in [7, 11) is 1.62. The van der Waals surface area contributed by atoms with Crippen LogP contribution in [0.25, 0.3) is 5.69 Å². The van der Waals surface area contributed by atoms with Crippen molar-refractivity contribution in [3.63, 3.8) is 0 Å². The van der Waals surface area contributed by atoms with Crippen molar-refractivity contribution in [2.75, 3.05) is 19.5 Å². The van der Waals surface area contributed by atoms with Crippen LogP contribution in [0.15, 0.2) is 41.8 Å². The Hall–Kier alpha value is -2.96. The molecule has 2 aromatic heterocycles. The van der Waals surface area contributed by atoms with E-state index in [-0.39, 0.29) is 6.61 Å². The molecule has 9 heteroatoms. The maximum absolute atomic E-state index is 12.2. The fraction of sp³-hybridized carbons (Fsp3) is 0.211. The minimum Gasteiger partial charge on any atom is -0.497 e. The second kappa shape index (κ2) is 8.82. The summed E-state index contributed by atoms with van der Waals surface area (Å²) in [5, 5.41) is 10.5. The van der Waals surface area contributed by atoms with Gasteiger partial charge in [-0.05, 0) is 31.2 Å². The quantitative estimate of drug-likeness (QED) is 0.462. The minimum atomic E-state index is -0.463. The maximum atomic E-state index is 12.2. The van der Waals surface area contributed by atoms with E-state index in [9.17, 15) is 10.1 Å². The van der Waals surface area contributed by atoms with Crippen LogP contribution in [-0.2, 0) is 10.5 Å². The number of carbonyl (C=O) groups excluding carboxylic acids is 1. The molecule has 1 aromatic carbocycles. The molecule has 0 aliphatic rings. The molecule has 0 saturated carbocycles. The van der Waals surface area contributed by atoms with Gasteiger partial charge < -0.3 is 15.2 Å². The first-order chi connectivity index (χ1) is 13.6. The van der Waals surface area contributed by atoms with Gasteiger partial charge in [0.1, 0.15) is 21.7 Å².